The molecule has 7 rings (SSSR count). The largest absolute Gasteiger partial charge is 0.485 e. The van der Waals surface area contributed by atoms with E-state index in [1.807, 2.05) is 22.8 Å². The van der Waals surface area contributed by atoms with Crippen LogP contribution in [0.2, 0.25) is 5.02 Å². The quantitative estimate of drug-likeness (QED) is 0.313. The zero-order valence-electron chi connectivity index (χ0n) is 23.6. The van der Waals surface area contributed by atoms with Gasteiger partial charge < -0.3 is 28.8 Å². The molecule has 3 aliphatic rings. The number of nitrogens with zero attached hydrogens (tertiary/aromatic N) is 5. The predicted octanol–water partition coefficient (Wildman–Crippen LogP) is 4.93. The number of carboxylic acid groups (broad SMARTS) is 1. The van der Waals surface area contributed by atoms with Crippen molar-refractivity contribution in [1.82, 2.24) is 19.4 Å². The zero-order valence-corrected chi connectivity index (χ0v) is 24.3. The molecule has 3 atom stereocenters. The highest BCUT2D eigenvalue weighted by Crippen LogP contribution is 2.44. The summed E-state index contributed by atoms with van der Waals surface area (Å²) in [5, 5.41) is 9.83. The molecule has 4 aromatic rings. The lowest BCUT2D eigenvalue weighted by atomic mass is 10.1. The Labute approximate surface area is 252 Å². The van der Waals surface area contributed by atoms with Crippen molar-refractivity contribution in [2.24, 2.45) is 0 Å². The van der Waals surface area contributed by atoms with Gasteiger partial charge in [0.05, 0.1) is 24.9 Å². The lowest BCUT2D eigenvalue weighted by Crippen LogP contribution is -2.52. The number of carboxylic acids is 1. The average Bonchev–Trinajstić information content (AvgIpc) is 3.31. The van der Waals surface area contributed by atoms with Crippen molar-refractivity contribution in [3.05, 3.63) is 76.5 Å². The first-order chi connectivity index (χ1) is 20.8. The van der Waals surface area contributed by atoms with E-state index >= 15 is 0 Å². The first kappa shape index (κ1) is 27.9. The van der Waals surface area contributed by atoms with Gasteiger partial charge in [0.2, 0.25) is 0 Å². The number of hydrogen-bond donors (Lipinski definition) is 1. The summed E-state index contributed by atoms with van der Waals surface area (Å²) in [6.45, 7) is 6.50. The number of halogens is 2. The summed E-state index contributed by atoms with van der Waals surface area (Å²) in [4.78, 5) is 25.5. The van der Waals surface area contributed by atoms with Crippen LogP contribution in [-0.2, 0) is 17.8 Å². The smallest absolute Gasteiger partial charge is 0.354 e. The molecular formula is C31H31ClFN5O5. The topological polar surface area (TPSA) is 102 Å². The van der Waals surface area contributed by atoms with E-state index in [0.717, 1.165) is 44.2 Å². The normalized spacial score (nSPS) is 22.0. The maximum atomic E-state index is 14.7. The van der Waals surface area contributed by atoms with E-state index in [9.17, 15) is 14.3 Å². The van der Waals surface area contributed by atoms with Gasteiger partial charge in [0.15, 0.2) is 28.9 Å². The van der Waals surface area contributed by atoms with Gasteiger partial charge in [0.1, 0.15) is 23.8 Å². The SMILES string of the molecule is C[C@H]1CN(c2cccc3c2O[C@@H](c2ccc(Cl)cc2F)CO3)CCN1Cc1nc2ccc(C(=O)O)nc2n1C[C@@H]1CCO1. The summed E-state index contributed by atoms with van der Waals surface area (Å²) in [5.41, 5.74) is 2.54. The Morgan fingerprint density at radius 3 is 2.77 bits per heavy atom. The molecule has 0 saturated carbocycles. The van der Waals surface area contributed by atoms with E-state index in [4.69, 9.17) is 30.8 Å². The van der Waals surface area contributed by atoms with Crippen molar-refractivity contribution in [3.8, 4) is 11.5 Å². The number of anilines is 1. The summed E-state index contributed by atoms with van der Waals surface area (Å²) in [7, 11) is 0. The van der Waals surface area contributed by atoms with Crippen LogP contribution in [-0.4, -0.2) is 75.5 Å². The fourth-order valence-corrected chi connectivity index (χ4v) is 6.14. The van der Waals surface area contributed by atoms with Crippen molar-refractivity contribution in [2.75, 3.05) is 37.7 Å². The van der Waals surface area contributed by atoms with Crippen molar-refractivity contribution in [3.63, 3.8) is 0 Å². The van der Waals surface area contributed by atoms with Gasteiger partial charge in [-0.15, -0.1) is 0 Å². The van der Waals surface area contributed by atoms with Crippen molar-refractivity contribution in [2.45, 2.75) is 44.7 Å². The van der Waals surface area contributed by atoms with Gasteiger partial charge >= 0.3 is 5.97 Å². The molecular weight excluding hydrogens is 577 g/mol. The Balaban J connectivity index is 1.10. The third-order valence-electron chi connectivity index (χ3n) is 8.44. The number of aromatic carboxylic acids is 1. The van der Waals surface area contributed by atoms with Crippen LogP contribution in [0.3, 0.4) is 0 Å². The Kier molecular flexibility index (Phi) is 7.32. The van der Waals surface area contributed by atoms with Crippen LogP contribution in [0.4, 0.5) is 10.1 Å². The van der Waals surface area contributed by atoms with E-state index in [2.05, 4.69) is 21.7 Å². The molecule has 43 heavy (non-hydrogen) atoms. The lowest BCUT2D eigenvalue weighted by molar-refractivity contribution is -0.0593. The summed E-state index contributed by atoms with van der Waals surface area (Å²) >= 11 is 5.96. The van der Waals surface area contributed by atoms with Crippen molar-refractivity contribution >= 4 is 34.4 Å². The minimum absolute atomic E-state index is 0.00450. The maximum Gasteiger partial charge on any atom is 0.354 e. The van der Waals surface area contributed by atoms with E-state index in [1.54, 1.807) is 18.2 Å². The van der Waals surface area contributed by atoms with Gasteiger partial charge in [-0.2, -0.15) is 0 Å². The number of pyridine rings is 1. The lowest BCUT2D eigenvalue weighted by Gasteiger charge is -2.42. The van der Waals surface area contributed by atoms with Crippen LogP contribution < -0.4 is 14.4 Å². The Hall–Kier alpha value is -3.93. The highest BCUT2D eigenvalue weighted by molar-refractivity contribution is 6.30. The van der Waals surface area contributed by atoms with Crippen LogP contribution in [0, 0.1) is 5.82 Å². The number of para-hydroxylation sites is 1. The van der Waals surface area contributed by atoms with Crippen LogP contribution in [0.5, 0.6) is 11.5 Å². The van der Waals surface area contributed by atoms with Crippen LogP contribution in [0.1, 0.15) is 41.3 Å². The molecule has 0 bridgehead atoms. The number of benzene rings is 2. The fraction of sp³-hybridized carbons (Fsp3) is 0.387. The number of hydrogen-bond acceptors (Lipinski definition) is 8. The summed E-state index contributed by atoms with van der Waals surface area (Å²) in [5.74, 6) is 0.591. The first-order valence-electron chi connectivity index (χ1n) is 14.4. The first-order valence-corrected chi connectivity index (χ1v) is 14.8. The van der Waals surface area contributed by atoms with Crippen LogP contribution >= 0.6 is 11.6 Å². The number of imidazole rings is 1. The van der Waals surface area contributed by atoms with Crippen molar-refractivity contribution < 1.29 is 28.5 Å². The summed E-state index contributed by atoms with van der Waals surface area (Å²) < 4.78 is 34.8. The molecule has 2 aromatic carbocycles. The summed E-state index contributed by atoms with van der Waals surface area (Å²) in [6, 6.07) is 13.8. The Bertz CT molecular complexity index is 1690. The molecule has 0 unspecified atom stereocenters. The molecule has 224 valence electrons. The molecule has 0 spiro atoms. The second-order valence-corrected chi connectivity index (χ2v) is 11.7. The second kappa shape index (κ2) is 11.3. The number of piperazine rings is 1. The predicted molar refractivity (Wildman–Crippen MR) is 158 cm³/mol. The fourth-order valence-electron chi connectivity index (χ4n) is 5.99. The van der Waals surface area contributed by atoms with Crippen LogP contribution in [0.15, 0.2) is 48.5 Å². The summed E-state index contributed by atoms with van der Waals surface area (Å²) in [6.07, 6.45) is 0.427. The minimum Gasteiger partial charge on any atom is -0.485 e. The molecule has 10 nitrogen and oxygen atoms in total. The van der Waals surface area contributed by atoms with Gasteiger partial charge in [0.25, 0.3) is 0 Å². The monoisotopic (exact) mass is 607 g/mol. The Morgan fingerprint density at radius 1 is 1.16 bits per heavy atom. The second-order valence-electron chi connectivity index (χ2n) is 11.2. The molecule has 12 heteroatoms. The molecule has 0 aliphatic carbocycles. The number of aromatic nitrogens is 3. The number of ether oxygens (including phenoxy) is 3. The Morgan fingerprint density at radius 2 is 2.02 bits per heavy atom. The van der Waals surface area contributed by atoms with Gasteiger partial charge in [0, 0.05) is 42.9 Å². The maximum absolute atomic E-state index is 14.7. The van der Waals surface area contributed by atoms with Gasteiger partial charge in [-0.25, -0.2) is 19.2 Å². The standard InChI is InChI=1S/C31H31ClFN5O5/c1-18-14-37(25-3-2-4-26-29(25)43-27(17-42-26)21-6-5-19(32)13-22(21)33)11-10-36(18)16-28-34-23-7-8-24(31(39)40)35-30(23)38(28)15-20-9-12-41-20/h2-8,13,18,20,27H,9-12,14-17H2,1H3,(H,39,40)/t18-,20-,27+/m0/s1. The van der Waals surface area contributed by atoms with E-state index in [1.165, 1.54) is 12.1 Å². The van der Waals surface area contributed by atoms with E-state index in [-0.39, 0.29) is 24.4 Å². The molecule has 2 saturated heterocycles. The van der Waals surface area contributed by atoms with Gasteiger partial charge in [-0.05, 0) is 49.7 Å². The van der Waals surface area contributed by atoms with Gasteiger partial charge in [-0.1, -0.05) is 23.7 Å². The number of fused-ring (bicyclic) bond motifs is 2. The van der Waals surface area contributed by atoms with Crippen LogP contribution in [0.25, 0.3) is 11.2 Å². The molecule has 2 fully saturated rings. The van der Waals surface area contributed by atoms with E-state index < -0.39 is 17.9 Å². The minimum atomic E-state index is -1.07. The average molecular weight is 608 g/mol. The molecule has 2 aromatic heterocycles. The molecule has 1 N–H and O–H groups in total. The number of carbonyl (C=O) groups is 1. The van der Waals surface area contributed by atoms with Crippen molar-refractivity contribution in [1.29, 1.82) is 0 Å². The molecule has 0 radical (unpaired) electrons. The third kappa shape index (κ3) is 5.37. The molecule has 0 amide bonds. The highest BCUT2D eigenvalue weighted by atomic mass is 35.5. The van der Waals surface area contributed by atoms with E-state index in [0.29, 0.717) is 46.3 Å². The molecule has 5 heterocycles. The van der Waals surface area contributed by atoms with Gasteiger partial charge in [-0.3, -0.25) is 4.90 Å². The molecule has 3 aliphatic heterocycles. The highest BCUT2D eigenvalue weighted by Gasteiger charge is 2.32. The number of rotatable bonds is 7. The third-order valence-corrected chi connectivity index (χ3v) is 8.67. The zero-order chi connectivity index (χ0) is 29.7.